The maximum absolute atomic E-state index is 5.81. The van der Waals surface area contributed by atoms with Gasteiger partial charge in [-0.25, -0.2) is 0 Å². The molecule has 1 heterocycles. The van der Waals surface area contributed by atoms with Crippen molar-refractivity contribution in [3.8, 4) is 0 Å². The SMILES string of the molecule is Cc1ccc(N)cc1N1CCOC(C)C1. The number of rotatable bonds is 1. The summed E-state index contributed by atoms with van der Waals surface area (Å²) in [6.07, 6.45) is 0.305. The maximum atomic E-state index is 5.81. The first-order chi connectivity index (χ1) is 7.16. The van der Waals surface area contributed by atoms with Crippen LogP contribution in [-0.4, -0.2) is 25.8 Å². The predicted molar refractivity (Wildman–Crippen MR) is 63.2 cm³/mol. The number of nitrogens with two attached hydrogens (primary N) is 1. The fraction of sp³-hybridized carbons (Fsp3) is 0.500. The first kappa shape index (κ1) is 10.3. The molecule has 0 radical (unpaired) electrons. The molecule has 1 aliphatic heterocycles. The number of benzene rings is 1. The van der Waals surface area contributed by atoms with Crippen LogP contribution in [0, 0.1) is 6.92 Å². The molecule has 0 saturated carbocycles. The minimum absolute atomic E-state index is 0.305. The van der Waals surface area contributed by atoms with E-state index >= 15 is 0 Å². The van der Waals surface area contributed by atoms with E-state index in [0.29, 0.717) is 6.10 Å². The number of hydrogen-bond acceptors (Lipinski definition) is 3. The van der Waals surface area contributed by atoms with Crippen molar-refractivity contribution in [2.24, 2.45) is 0 Å². The Morgan fingerprint density at radius 2 is 2.27 bits per heavy atom. The lowest BCUT2D eigenvalue weighted by atomic mass is 10.1. The van der Waals surface area contributed by atoms with Gasteiger partial charge in [0.05, 0.1) is 12.7 Å². The zero-order valence-corrected chi connectivity index (χ0v) is 9.36. The van der Waals surface area contributed by atoms with Crippen molar-refractivity contribution in [2.75, 3.05) is 30.3 Å². The number of morpholine rings is 1. The van der Waals surface area contributed by atoms with Crippen LogP contribution >= 0.6 is 0 Å². The minimum Gasteiger partial charge on any atom is -0.399 e. The number of anilines is 2. The molecule has 2 rings (SSSR count). The highest BCUT2D eigenvalue weighted by Crippen LogP contribution is 2.24. The molecule has 1 saturated heterocycles. The van der Waals surface area contributed by atoms with Crippen molar-refractivity contribution in [1.29, 1.82) is 0 Å². The summed E-state index contributed by atoms with van der Waals surface area (Å²) in [5.41, 5.74) is 9.16. The summed E-state index contributed by atoms with van der Waals surface area (Å²) in [6.45, 7) is 6.93. The molecule has 0 aliphatic carbocycles. The molecular formula is C12H18N2O. The van der Waals surface area contributed by atoms with Crippen molar-refractivity contribution in [3.05, 3.63) is 23.8 Å². The van der Waals surface area contributed by atoms with Gasteiger partial charge in [0, 0.05) is 24.5 Å². The van der Waals surface area contributed by atoms with Crippen LogP contribution in [-0.2, 0) is 4.74 Å². The topological polar surface area (TPSA) is 38.5 Å². The summed E-state index contributed by atoms with van der Waals surface area (Å²) < 4.78 is 5.53. The third kappa shape index (κ3) is 2.23. The van der Waals surface area contributed by atoms with Crippen LogP contribution in [0.25, 0.3) is 0 Å². The molecule has 15 heavy (non-hydrogen) atoms. The average molecular weight is 206 g/mol. The van der Waals surface area contributed by atoms with E-state index < -0.39 is 0 Å². The van der Waals surface area contributed by atoms with Gasteiger partial charge in [-0.1, -0.05) is 6.07 Å². The zero-order valence-electron chi connectivity index (χ0n) is 9.36. The lowest BCUT2D eigenvalue weighted by Crippen LogP contribution is -2.41. The van der Waals surface area contributed by atoms with E-state index in [2.05, 4.69) is 24.8 Å². The Hall–Kier alpha value is -1.22. The van der Waals surface area contributed by atoms with E-state index in [1.54, 1.807) is 0 Å². The Labute approximate surface area is 90.8 Å². The molecule has 3 heteroatoms. The van der Waals surface area contributed by atoms with Crippen LogP contribution in [0.4, 0.5) is 11.4 Å². The molecule has 0 bridgehead atoms. The summed E-state index contributed by atoms with van der Waals surface area (Å²) in [5.74, 6) is 0. The maximum Gasteiger partial charge on any atom is 0.0722 e. The smallest absolute Gasteiger partial charge is 0.0722 e. The van der Waals surface area contributed by atoms with Crippen molar-refractivity contribution < 1.29 is 4.74 Å². The van der Waals surface area contributed by atoms with Gasteiger partial charge in [0.1, 0.15) is 0 Å². The molecule has 3 nitrogen and oxygen atoms in total. The van der Waals surface area contributed by atoms with Crippen LogP contribution in [0.15, 0.2) is 18.2 Å². The van der Waals surface area contributed by atoms with E-state index in [-0.39, 0.29) is 0 Å². The highest BCUT2D eigenvalue weighted by atomic mass is 16.5. The van der Waals surface area contributed by atoms with Crippen molar-refractivity contribution in [2.45, 2.75) is 20.0 Å². The molecule has 0 amide bonds. The van der Waals surface area contributed by atoms with Gasteiger partial charge in [-0.05, 0) is 31.5 Å². The Balaban J connectivity index is 2.24. The van der Waals surface area contributed by atoms with Gasteiger partial charge in [-0.2, -0.15) is 0 Å². The second kappa shape index (κ2) is 4.11. The molecule has 82 valence electrons. The van der Waals surface area contributed by atoms with Crippen LogP contribution in [0.2, 0.25) is 0 Å². The van der Waals surface area contributed by atoms with Crippen LogP contribution in [0.1, 0.15) is 12.5 Å². The van der Waals surface area contributed by atoms with E-state index in [1.807, 2.05) is 12.1 Å². The van der Waals surface area contributed by atoms with Crippen molar-refractivity contribution in [1.82, 2.24) is 0 Å². The Kier molecular flexibility index (Phi) is 2.82. The van der Waals surface area contributed by atoms with E-state index in [4.69, 9.17) is 10.5 Å². The second-order valence-corrected chi connectivity index (χ2v) is 4.17. The van der Waals surface area contributed by atoms with Gasteiger partial charge in [0.25, 0.3) is 0 Å². The molecule has 2 N–H and O–H groups in total. The normalized spacial score (nSPS) is 21.7. The molecular weight excluding hydrogens is 188 g/mol. The third-order valence-corrected chi connectivity index (χ3v) is 2.81. The lowest BCUT2D eigenvalue weighted by Gasteiger charge is -2.34. The van der Waals surface area contributed by atoms with Crippen LogP contribution < -0.4 is 10.6 Å². The number of ether oxygens (including phenoxy) is 1. The molecule has 0 aromatic heterocycles. The zero-order chi connectivity index (χ0) is 10.8. The predicted octanol–water partition coefficient (Wildman–Crippen LogP) is 1.80. The van der Waals surface area contributed by atoms with Gasteiger partial charge >= 0.3 is 0 Å². The fourth-order valence-electron chi connectivity index (χ4n) is 2.00. The first-order valence-electron chi connectivity index (χ1n) is 5.39. The van der Waals surface area contributed by atoms with Crippen LogP contribution in [0.3, 0.4) is 0 Å². The summed E-state index contributed by atoms with van der Waals surface area (Å²) in [4.78, 5) is 2.35. The largest absolute Gasteiger partial charge is 0.399 e. The van der Waals surface area contributed by atoms with E-state index in [9.17, 15) is 0 Å². The first-order valence-corrected chi connectivity index (χ1v) is 5.39. The number of hydrogen-bond donors (Lipinski definition) is 1. The Morgan fingerprint density at radius 1 is 1.47 bits per heavy atom. The average Bonchev–Trinajstić information content (AvgIpc) is 2.22. The molecule has 1 unspecified atom stereocenters. The minimum atomic E-state index is 0.305. The third-order valence-electron chi connectivity index (χ3n) is 2.81. The number of aryl methyl sites for hydroxylation is 1. The molecule has 1 fully saturated rings. The highest BCUT2D eigenvalue weighted by Gasteiger charge is 2.18. The van der Waals surface area contributed by atoms with E-state index in [0.717, 1.165) is 25.4 Å². The summed E-state index contributed by atoms with van der Waals surface area (Å²) in [7, 11) is 0. The summed E-state index contributed by atoms with van der Waals surface area (Å²) in [5, 5.41) is 0. The lowest BCUT2D eigenvalue weighted by molar-refractivity contribution is 0.0532. The molecule has 1 atom stereocenters. The quantitative estimate of drug-likeness (QED) is 0.712. The molecule has 0 spiro atoms. The fourth-order valence-corrected chi connectivity index (χ4v) is 2.00. The molecule has 1 aromatic carbocycles. The standard InChI is InChI=1S/C12H18N2O/c1-9-3-4-11(13)7-12(9)14-5-6-15-10(2)8-14/h3-4,7,10H,5-6,8,13H2,1-2H3. The second-order valence-electron chi connectivity index (χ2n) is 4.17. The number of nitrogen functional groups attached to an aromatic ring is 1. The summed E-state index contributed by atoms with van der Waals surface area (Å²) >= 11 is 0. The summed E-state index contributed by atoms with van der Waals surface area (Å²) in [6, 6.07) is 6.07. The molecule has 1 aromatic rings. The van der Waals surface area contributed by atoms with Gasteiger partial charge in [-0.3, -0.25) is 0 Å². The Bertz CT molecular complexity index is 351. The van der Waals surface area contributed by atoms with Gasteiger partial charge in [0.15, 0.2) is 0 Å². The van der Waals surface area contributed by atoms with Crippen molar-refractivity contribution >= 4 is 11.4 Å². The molecule has 1 aliphatic rings. The van der Waals surface area contributed by atoms with Crippen molar-refractivity contribution in [3.63, 3.8) is 0 Å². The van der Waals surface area contributed by atoms with Gasteiger partial charge in [-0.15, -0.1) is 0 Å². The highest BCUT2D eigenvalue weighted by molar-refractivity contribution is 5.61. The van der Waals surface area contributed by atoms with Crippen LogP contribution in [0.5, 0.6) is 0 Å². The Morgan fingerprint density at radius 3 is 3.00 bits per heavy atom. The van der Waals surface area contributed by atoms with Gasteiger partial charge in [0.2, 0.25) is 0 Å². The number of nitrogens with zero attached hydrogens (tertiary/aromatic N) is 1. The monoisotopic (exact) mass is 206 g/mol. The van der Waals surface area contributed by atoms with E-state index in [1.165, 1.54) is 11.3 Å². The van der Waals surface area contributed by atoms with Gasteiger partial charge < -0.3 is 15.4 Å².